The molecule has 0 bridgehead atoms. The molecule has 1 saturated heterocycles. The van der Waals surface area contributed by atoms with E-state index < -0.39 is 21.9 Å². The van der Waals surface area contributed by atoms with Gasteiger partial charge in [-0.05, 0) is 31.0 Å². The highest BCUT2D eigenvalue weighted by Crippen LogP contribution is 2.26. The van der Waals surface area contributed by atoms with Crippen LogP contribution in [0.15, 0.2) is 50.5 Å². The lowest BCUT2D eigenvalue weighted by molar-refractivity contribution is 0.0838. The Morgan fingerprint density at radius 2 is 1.72 bits per heavy atom. The molecule has 9 nitrogen and oxygen atoms in total. The highest BCUT2D eigenvalue weighted by atomic mass is 32.2. The van der Waals surface area contributed by atoms with E-state index >= 15 is 0 Å². The van der Waals surface area contributed by atoms with E-state index in [1.807, 2.05) is 31.2 Å². The maximum Gasteiger partial charge on any atom is 0.419 e. The number of ether oxygens (including phenoxy) is 1. The zero-order valence-electron chi connectivity index (χ0n) is 18.2. The van der Waals surface area contributed by atoms with Crippen LogP contribution in [0.3, 0.4) is 0 Å². The van der Waals surface area contributed by atoms with Gasteiger partial charge in [0.05, 0.1) is 10.4 Å². The lowest BCUT2D eigenvalue weighted by atomic mass is 10.2. The Labute approximate surface area is 185 Å². The molecule has 4 rings (SSSR count). The number of benzene rings is 2. The number of hydrogen-bond acceptors (Lipinski definition) is 6. The van der Waals surface area contributed by atoms with Gasteiger partial charge in [-0.15, -0.1) is 0 Å². The van der Waals surface area contributed by atoms with E-state index in [4.69, 9.17) is 9.15 Å². The monoisotopic (exact) mass is 459 g/mol. The molecule has 170 valence electrons. The van der Waals surface area contributed by atoms with Gasteiger partial charge in [0.15, 0.2) is 5.58 Å². The summed E-state index contributed by atoms with van der Waals surface area (Å²) in [6.07, 6.45) is -0.466. The fraction of sp³-hybridized carbons (Fsp3) is 0.364. The largest absolute Gasteiger partial charge is 0.445 e. The molecule has 1 aromatic heterocycles. The van der Waals surface area contributed by atoms with Gasteiger partial charge < -0.3 is 14.1 Å². The molecule has 2 heterocycles. The normalized spacial score (nSPS) is 15.3. The summed E-state index contributed by atoms with van der Waals surface area (Å²) in [7, 11) is -2.24. The van der Waals surface area contributed by atoms with E-state index in [0.717, 1.165) is 11.1 Å². The maximum absolute atomic E-state index is 13.2. The van der Waals surface area contributed by atoms with E-state index in [1.165, 1.54) is 19.8 Å². The van der Waals surface area contributed by atoms with Crippen molar-refractivity contribution in [3.63, 3.8) is 0 Å². The second-order valence-corrected chi connectivity index (χ2v) is 9.85. The molecule has 32 heavy (non-hydrogen) atoms. The molecule has 0 radical (unpaired) electrons. The number of nitrogens with zero attached hydrogens (tertiary/aromatic N) is 3. The summed E-state index contributed by atoms with van der Waals surface area (Å²) in [5.41, 5.74) is 3.30. The highest BCUT2D eigenvalue weighted by molar-refractivity contribution is 7.89. The smallest absolute Gasteiger partial charge is 0.419 e. The number of carbonyl (C=O) groups is 1. The molecular weight excluding hydrogens is 434 g/mol. The van der Waals surface area contributed by atoms with Crippen LogP contribution in [-0.2, 0) is 28.4 Å². The Bertz CT molecular complexity index is 1320. The van der Waals surface area contributed by atoms with E-state index in [2.05, 4.69) is 0 Å². The SMILES string of the molecule is Cc1ccc(COC(=O)N2CCN(S(=O)(=O)c3cc4oc(=O)n(C)c4cc3C)CC2)cc1. The minimum Gasteiger partial charge on any atom is -0.445 e. The van der Waals surface area contributed by atoms with Gasteiger partial charge in [0.1, 0.15) is 6.61 Å². The van der Waals surface area contributed by atoms with Gasteiger partial charge in [-0.25, -0.2) is 18.0 Å². The van der Waals surface area contributed by atoms with Crippen LogP contribution in [0.5, 0.6) is 0 Å². The second kappa shape index (κ2) is 8.44. The Kier molecular flexibility index (Phi) is 5.83. The summed E-state index contributed by atoms with van der Waals surface area (Å²) < 4.78 is 39.6. The molecule has 1 aliphatic rings. The fourth-order valence-electron chi connectivity index (χ4n) is 3.71. The Hall–Kier alpha value is -3.11. The molecular formula is C22H25N3O6S. The Morgan fingerprint density at radius 1 is 1.06 bits per heavy atom. The fourth-order valence-corrected chi connectivity index (χ4v) is 5.35. The molecule has 0 N–H and O–H groups in total. The standard InChI is InChI=1S/C22H25N3O6S/c1-15-4-6-17(7-5-15)14-30-22(27)24-8-10-25(11-9-24)32(28,29)20-13-19-18(12-16(20)2)23(3)21(26)31-19/h4-7,12-13H,8-11,14H2,1-3H3. The van der Waals surface area contributed by atoms with Gasteiger partial charge in [-0.3, -0.25) is 4.57 Å². The van der Waals surface area contributed by atoms with Crippen LogP contribution < -0.4 is 5.76 Å². The van der Waals surface area contributed by atoms with Gasteiger partial charge in [-0.2, -0.15) is 4.31 Å². The number of carbonyl (C=O) groups excluding carboxylic acids is 1. The van der Waals surface area contributed by atoms with E-state index in [9.17, 15) is 18.0 Å². The number of oxazole rings is 1. The summed E-state index contributed by atoms with van der Waals surface area (Å²) in [5.74, 6) is -0.549. The number of hydrogen-bond donors (Lipinski definition) is 0. The third-order valence-corrected chi connectivity index (χ3v) is 7.73. The van der Waals surface area contributed by atoms with Crippen LogP contribution in [0.25, 0.3) is 11.1 Å². The van der Waals surface area contributed by atoms with E-state index in [-0.39, 0.29) is 43.3 Å². The van der Waals surface area contributed by atoms with Crippen molar-refractivity contribution in [2.75, 3.05) is 26.2 Å². The summed E-state index contributed by atoms with van der Waals surface area (Å²) in [4.78, 5) is 25.7. The van der Waals surface area contributed by atoms with Crippen molar-refractivity contribution < 1.29 is 22.4 Å². The number of piperazine rings is 1. The summed E-state index contributed by atoms with van der Waals surface area (Å²) >= 11 is 0. The van der Waals surface area contributed by atoms with Gasteiger partial charge in [0.2, 0.25) is 10.0 Å². The molecule has 0 saturated carbocycles. The summed E-state index contributed by atoms with van der Waals surface area (Å²) in [5, 5.41) is 0. The second-order valence-electron chi connectivity index (χ2n) is 7.94. The Balaban J connectivity index is 1.42. The molecule has 3 aromatic rings. The molecule has 0 unspecified atom stereocenters. The van der Waals surface area contributed by atoms with Crippen LogP contribution in [0.2, 0.25) is 0 Å². The first kappa shape index (κ1) is 22.1. The van der Waals surface area contributed by atoms with Crippen LogP contribution in [0.1, 0.15) is 16.7 Å². The zero-order chi connectivity index (χ0) is 23.0. The lowest BCUT2D eigenvalue weighted by Gasteiger charge is -2.33. The van der Waals surface area contributed by atoms with Crippen molar-refractivity contribution in [1.29, 1.82) is 0 Å². The molecule has 1 amide bonds. The van der Waals surface area contributed by atoms with Crippen molar-refractivity contribution in [2.24, 2.45) is 7.05 Å². The number of fused-ring (bicyclic) bond motifs is 1. The summed E-state index contributed by atoms with van der Waals surface area (Å²) in [6.45, 7) is 4.60. The van der Waals surface area contributed by atoms with Gasteiger partial charge in [-0.1, -0.05) is 29.8 Å². The van der Waals surface area contributed by atoms with Crippen LogP contribution in [-0.4, -0.2) is 54.5 Å². The van der Waals surface area contributed by atoms with Crippen LogP contribution in [0.4, 0.5) is 4.79 Å². The minimum atomic E-state index is -3.81. The number of aryl methyl sites for hydroxylation is 3. The first-order chi connectivity index (χ1) is 15.2. The quantitative estimate of drug-likeness (QED) is 0.594. The zero-order valence-corrected chi connectivity index (χ0v) is 19.0. The van der Waals surface area contributed by atoms with Crippen LogP contribution >= 0.6 is 0 Å². The number of aromatic nitrogens is 1. The number of rotatable bonds is 4. The average Bonchev–Trinajstić information content (AvgIpc) is 3.05. The van der Waals surface area contributed by atoms with Crippen molar-refractivity contribution in [1.82, 2.24) is 13.8 Å². The molecule has 1 fully saturated rings. The third kappa shape index (κ3) is 4.15. The maximum atomic E-state index is 13.2. The van der Waals surface area contributed by atoms with E-state index in [0.29, 0.717) is 11.1 Å². The Morgan fingerprint density at radius 3 is 2.38 bits per heavy atom. The molecule has 1 aliphatic heterocycles. The molecule has 0 spiro atoms. The van der Waals surface area contributed by atoms with Gasteiger partial charge >= 0.3 is 11.8 Å². The molecule has 0 aliphatic carbocycles. The predicted octanol–water partition coefficient (Wildman–Crippen LogP) is 2.39. The predicted molar refractivity (Wildman–Crippen MR) is 118 cm³/mol. The number of sulfonamides is 1. The topological polar surface area (TPSA) is 102 Å². The highest BCUT2D eigenvalue weighted by Gasteiger charge is 2.32. The first-order valence-electron chi connectivity index (χ1n) is 10.2. The van der Waals surface area contributed by atoms with Crippen molar-refractivity contribution in [3.05, 3.63) is 63.6 Å². The number of amides is 1. The van der Waals surface area contributed by atoms with Crippen molar-refractivity contribution in [2.45, 2.75) is 25.3 Å². The molecule has 10 heteroatoms. The van der Waals surface area contributed by atoms with E-state index in [1.54, 1.807) is 20.0 Å². The molecule has 2 aromatic carbocycles. The van der Waals surface area contributed by atoms with Gasteiger partial charge in [0.25, 0.3) is 0 Å². The van der Waals surface area contributed by atoms with Crippen LogP contribution in [0, 0.1) is 13.8 Å². The summed E-state index contributed by atoms with van der Waals surface area (Å²) in [6, 6.07) is 10.7. The lowest BCUT2D eigenvalue weighted by Crippen LogP contribution is -2.50. The third-order valence-electron chi connectivity index (χ3n) is 5.69. The van der Waals surface area contributed by atoms with Crippen molar-refractivity contribution >= 4 is 27.2 Å². The minimum absolute atomic E-state index is 0.0924. The van der Waals surface area contributed by atoms with Gasteiger partial charge in [0, 0.05) is 39.3 Å². The van der Waals surface area contributed by atoms with Crippen molar-refractivity contribution in [3.8, 4) is 0 Å². The molecule has 0 atom stereocenters. The average molecular weight is 460 g/mol. The first-order valence-corrected chi connectivity index (χ1v) is 11.7.